The molecule has 0 amide bonds. The summed E-state index contributed by atoms with van der Waals surface area (Å²) in [6, 6.07) is 0.358. The van der Waals surface area contributed by atoms with Gasteiger partial charge < -0.3 is 9.84 Å². The van der Waals surface area contributed by atoms with Crippen molar-refractivity contribution in [3.63, 3.8) is 0 Å². The summed E-state index contributed by atoms with van der Waals surface area (Å²) in [7, 11) is 0. The first-order valence-electron chi connectivity index (χ1n) is 7.29. The van der Waals surface area contributed by atoms with Crippen molar-refractivity contribution >= 4 is 34.8 Å². The second-order valence-corrected chi connectivity index (χ2v) is 7.47. The highest BCUT2D eigenvalue weighted by atomic mass is 35.5. The molecule has 0 saturated heterocycles. The van der Waals surface area contributed by atoms with Crippen LogP contribution in [0.3, 0.4) is 0 Å². The van der Waals surface area contributed by atoms with Crippen molar-refractivity contribution in [2.75, 3.05) is 0 Å². The van der Waals surface area contributed by atoms with E-state index in [1.54, 1.807) is 6.08 Å². The number of aliphatic hydroxyl groups is 1. The Morgan fingerprint density at radius 2 is 1.88 bits per heavy atom. The average molecular weight is 404 g/mol. The van der Waals surface area contributed by atoms with Gasteiger partial charge in [-0.1, -0.05) is 54.7 Å². The lowest BCUT2D eigenvalue weighted by atomic mass is 10.1. The Labute approximate surface area is 153 Å². The summed E-state index contributed by atoms with van der Waals surface area (Å²) in [5.74, 6) is -3.83. The third-order valence-corrected chi connectivity index (χ3v) is 4.87. The van der Waals surface area contributed by atoms with E-state index in [9.17, 15) is 18.3 Å². The van der Waals surface area contributed by atoms with Gasteiger partial charge in [-0.25, -0.2) is 13.2 Å². The zero-order valence-corrected chi connectivity index (χ0v) is 15.1. The van der Waals surface area contributed by atoms with Gasteiger partial charge in [-0.05, 0) is 17.8 Å². The molecule has 1 fully saturated rings. The van der Waals surface area contributed by atoms with Crippen LogP contribution in [0, 0.1) is 41.1 Å². The fraction of sp³-hybridized carbons (Fsp3) is 0.500. The van der Waals surface area contributed by atoms with Crippen LogP contribution in [-0.4, -0.2) is 11.4 Å². The Kier molecular flexibility index (Phi) is 6.48. The molecule has 0 heterocycles. The van der Waals surface area contributed by atoms with E-state index in [0.29, 0.717) is 6.07 Å². The van der Waals surface area contributed by atoms with E-state index in [2.05, 4.69) is 0 Å². The number of ether oxygens (including phenoxy) is 1. The molecule has 1 aliphatic carbocycles. The number of aliphatic hydroxyl groups excluding tert-OH is 1. The maximum Gasteiger partial charge on any atom is 0.166 e. The second kappa shape index (κ2) is 7.83. The number of hydrogen-bond acceptors (Lipinski definition) is 2. The van der Waals surface area contributed by atoms with Gasteiger partial charge in [-0.15, -0.1) is 0 Å². The van der Waals surface area contributed by atoms with Crippen molar-refractivity contribution in [1.29, 1.82) is 0 Å². The molecule has 0 bridgehead atoms. The standard InChI is InChI=1S/C16H16Cl3F3O2/c1-6(2)12-7(3-11(17)18)13(12)16(23)24-5-8-14(19)9(20)4-10(21)15(8)22/h3-4,6-7,12-13,16,23H,5H2,1-2H3/t7?,12?,13?,16-/m0/s1. The Morgan fingerprint density at radius 1 is 1.25 bits per heavy atom. The molecule has 0 aliphatic heterocycles. The Balaban J connectivity index is 2.09. The van der Waals surface area contributed by atoms with Gasteiger partial charge in [-0.2, -0.15) is 0 Å². The number of allylic oxidation sites excluding steroid dienone is 1. The van der Waals surface area contributed by atoms with Crippen molar-refractivity contribution in [2.24, 2.45) is 23.7 Å². The second-order valence-electron chi connectivity index (χ2n) is 6.08. The SMILES string of the molecule is CC(C)C1C(C=C(Cl)Cl)C1[C@@H](O)OCc1c(F)c(F)cc(F)c1Cl. The fourth-order valence-electron chi connectivity index (χ4n) is 3.05. The molecule has 1 aromatic rings. The van der Waals surface area contributed by atoms with Crippen LogP contribution >= 0.6 is 34.8 Å². The summed E-state index contributed by atoms with van der Waals surface area (Å²) < 4.78 is 45.7. The first-order chi connectivity index (χ1) is 11.1. The molecule has 24 heavy (non-hydrogen) atoms. The molecule has 1 N–H and O–H groups in total. The Hall–Kier alpha value is -0.460. The van der Waals surface area contributed by atoms with Gasteiger partial charge >= 0.3 is 0 Å². The molecule has 8 heteroatoms. The molecule has 0 aromatic heterocycles. The van der Waals surface area contributed by atoms with Crippen LogP contribution in [0.1, 0.15) is 19.4 Å². The van der Waals surface area contributed by atoms with E-state index in [4.69, 9.17) is 39.5 Å². The summed E-state index contributed by atoms with van der Waals surface area (Å²) in [5.41, 5.74) is -0.475. The number of hydrogen-bond donors (Lipinski definition) is 1. The van der Waals surface area contributed by atoms with Gasteiger partial charge in [-0.3, -0.25) is 0 Å². The van der Waals surface area contributed by atoms with Crippen molar-refractivity contribution in [1.82, 2.24) is 0 Å². The molecule has 0 spiro atoms. The fourth-order valence-corrected chi connectivity index (χ4v) is 3.53. The van der Waals surface area contributed by atoms with Crippen LogP contribution < -0.4 is 0 Å². The Bertz CT molecular complexity index is 622. The van der Waals surface area contributed by atoms with E-state index >= 15 is 0 Å². The molecule has 1 aromatic carbocycles. The molecule has 0 radical (unpaired) electrons. The predicted molar refractivity (Wildman–Crippen MR) is 87.2 cm³/mol. The van der Waals surface area contributed by atoms with E-state index in [-0.39, 0.29) is 28.2 Å². The third-order valence-electron chi connectivity index (χ3n) is 4.21. The molecule has 4 atom stereocenters. The smallest absolute Gasteiger partial charge is 0.166 e. The van der Waals surface area contributed by atoms with Crippen LogP contribution in [0.15, 0.2) is 16.6 Å². The highest BCUT2D eigenvalue weighted by Gasteiger charge is 2.54. The minimum Gasteiger partial charge on any atom is -0.368 e. The zero-order valence-electron chi connectivity index (χ0n) is 12.9. The van der Waals surface area contributed by atoms with Crippen LogP contribution in [0.2, 0.25) is 5.02 Å². The van der Waals surface area contributed by atoms with Gasteiger partial charge in [0.1, 0.15) is 10.3 Å². The molecule has 134 valence electrons. The number of benzene rings is 1. The highest BCUT2D eigenvalue weighted by Crippen LogP contribution is 2.54. The summed E-state index contributed by atoms with van der Waals surface area (Å²) in [4.78, 5) is 0. The summed E-state index contributed by atoms with van der Waals surface area (Å²) in [6.07, 6.45) is 0.341. The van der Waals surface area contributed by atoms with Crippen LogP contribution in [0.4, 0.5) is 13.2 Å². The van der Waals surface area contributed by atoms with Crippen LogP contribution in [0.25, 0.3) is 0 Å². The number of rotatable bonds is 6. The van der Waals surface area contributed by atoms with Crippen LogP contribution in [0.5, 0.6) is 0 Å². The summed E-state index contributed by atoms with van der Waals surface area (Å²) in [5, 5.41) is 9.61. The van der Waals surface area contributed by atoms with Gasteiger partial charge in [0.25, 0.3) is 0 Å². The third kappa shape index (κ3) is 4.20. The largest absolute Gasteiger partial charge is 0.368 e. The Morgan fingerprint density at radius 3 is 2.42 bits per heavy atom. The minimum atomic E-state index is -1.37. The van der Waals surface area contributed by atoms with Gasteiger partial charge in [0, 0.05) is 17.5 Å². The molecule has 2 rings (SSSR count). The normalized spacial score (nSPS) is 24.2. The predicted octanol–water partition coefficient (Wildman–Crippen LogP) is 5.43. The molecule has 1 aliphatic rings. The van der Waals surface area contributed by atoms with Gasteiger partial charge in [0.05, 0.1) is 11.6 Å². The van der Waals surface area contributed by atoms with Crippen molar-refractivity contribution in [3.05, 3.63) is 44.7 Å². The van der Waals surface area contributed by atoms with Gasteiger partial charge in [0.15, 0.2) is 17.9 Å². The first-order valence-corrected chi connectivity index (χ1v) is 8.42. The lowest BCUT2D eigenvalue weighted by molar-refractivity contribution is -0.127. The monoisotopic (exact) mass is 402 g/mol. The molecular formula is C16H16Cl3F3O2. The van der Waals surface area contributed by atoms with Crippen LogP contribution in [-0.2, 0) is 11.3 Å². The lowest BCUT2D eigenvalue weighted by Crippen LogP contribution is -2.18. The van der Waals surface area contributed by atoms with Crippen molar-refractivity contribution in [2.45, 2.75) is 26.7 Å². The molecule has 2 nitrogen and oxygen atoms in total. The molecule has 1 saturated carbocycles. The maximum absolute atomic E-state index is 13.7. The van der Waals surface area contributed by atoms with E-state index < -0.39 is 40.9 Å². The van der Waals surface area contributed by atoms with E-state index in [1.165, 1.54) is 0 Å². The average Bonchev–Trinajstić information content (AvgIpc) is 3.18. The molecular weight excluding hydrogens is 388 g/mol. The minimum absolute atomic E-state index is 0.0806. The summed E-state index contributed by atoms with van der Waals surface area (Å²) >= 11 is 16.9. The zero-order chi connectivity index (χ0) is 18.2. The van der Waals surface area contributed by atoms with Crippen molar-refractivity contribution < 1.29 is 23.0 Å². The number of halogens is 6. The quantitative estimate of drug-likeness (QED) is 0.507. The first kappa shape index (κ1) is 19.9. The van der Waals surface area contributed by atoms with E-state index in [0.717, 1.165) is 0 Å². The summed E-state index contributed by atoms with van der Waals surface area (Å²) in [6.45, 7) is 3.38. The molecule has 3 unspecified atom stereocenters. The highest BCUT2D eigenvalue weighted by molar-refractivity contribution is 6.55. The van der Waals surface area contributed by atoms with Crippen molar-refractivity contribution in [3.8, 4) is 0 Å². The lowest BCUT2D eigenvalue weighted by Gasteiger charge is -2.14. The maximum atomic E-state index is 13.7. The van der Waals surface area contributed by atoms with Gasteiger partial charge in [0.2, 0.25) is 0 Å². The topological polar surface area (TPSA) is 29.5 Å². The van der Waals surface area contributed by atoms with E-state index in [1.807, 2.05) is 13.8 Å².